The van der Waals surface area contributed by atoms with Gasteiger partial charge in [-0.3, -0.25) is 4.79 Å². The van der Waals surface area contributed by atoms with Gasteiger partial charge in [-0.25, -0.2) is 4.79 Å². The van der Waals surface area contributed by atoms with Crippen LogP contribution in [0.3, 0.4) is 0 Å². The molecule has 6 heteroatoms. The van der Waals surface area contributed by atoms with Crippen molar-refractivity contribution in [2.24, 2.45) is 0 Å². The van der Waals surface area contributed by atoms with Crippen molar-refractivity contribution in [2.75, 3.05) is 5.32 Å². The Morgan fingerprint density at radius 1 is 1.39 bits per heavy atom. The SMILES string of the molecule is CC(CCC(=O)O)NC(=O)Nc1ccccc1Br. The van der Waals surface area contributed by atoms with E-state index in [2.05, 4.69) is 26.6 Å². The Bertz CT molecular complexity index is 437. The van der Waals surface area contributed by atoms with E-state index in [1.807, 2.05) is 18.2 Å². The molecule has 0 radical (unpaired) electrons. The van der Waals surface area contributed by atoms with Crippen LogP contribution in [0.1, 0.15) is 19.8 Å². The summed E-state index contributed by atoms with van der Waals surface area (Å²) in [4.78, 5) is 22.0. The van der Waals surface area contributed by atoms with Crippen molar-refractivity contribution < 1.29 is 14.7 Å². The van der Waals surface area contributed by atoms with Crippen molar-refractivity contribution in [3.63, 3.8) is 0 Å². The zero-order chi connectivity index (χ0) is 13.5. The van der Waals surface area contributed by atoms with Crippen LogP contribution in [0.4, 0.5) is 10.5 Å². The fourth-order valence-electron chi connectivity index (χ4n) is 1.36. The van der Waals surface area contributed by atoms with E-state index in [0.29, 0.717) is 12.1 Å². The number of anilines is 1. The van der Waals surface area contributed by atoms with Crippen molar-refractivity contribution in [3.05, 3.63) is 28.7 Å². The molecule has 0 bridgehead atoms. The van der Waals surface area contributed by atoms with Crippen LogP contribution in [0.5, 0.6) is 0 Å². The van der Waals surface area contributed by atoms with Crippen molar-refractivity contribution in [1.82, 2.24) is 5.32 Å². The Kier molecular flexibility index (Phi) is 5.64. The van der Waals surface area contributed by atoms with Crippen LogP contribution >= 0.6 is 15.9 Å². The quantitative estimate of drug-likeness (QED) is 0.782. The normalized spacial score (nSPS) is 11.7. The number of amides is 2. The summed E-state index contributed by atoms with van der Waals surface area (Å²) >= 11 is 3.32. The number of hydrogen-bond donors (Lipinski definition) is 3. The maximum Gasteiger partial charge on any atom is 0.319 e. The molecule has 5 nitrogen and oxygen atoms in total. The molecule has 0 aliphatic rings. The maximum absolute atomic E-state index is 11.6. The summed E-state index contributed by atoms with van der Waals surface area (Å²) in [6, 6.07) is 6.72. The van der Waals surface area contributed by atoms with Crippen LogP contribution in [0.25, 0.3) is 0 Å². The summed E-state index contributed by atoms with van der Waals surface area (Å²) in [6.07, 6.45) is 0.440. The Morgan fingerprint density at radius 2 is 2.06 bits per heavy atom. The van der Waals surface area contributed by atoms with Crippen LogP contribution in [-0.2, 0) is 4.79 Å². The van der Waals surface area contributed by atoms with E-state index in [4.69, 9.17) is 5.11 Å². The van der Waals surface area contributed by atoms with Crippen molar-refractivity contribution in [1.29, 1.82) is 0 Å². The molecule has 1 rings (SSSR count). The Morgan fingerprint density at radius 3 is 2.67 bits per heavy atom. The molecule has 0 fully saturated rings. The number of halogens is 1. The van der Waals surface area contributed by atoms with Gasteiger partial charge in [0.2, 0.25) is 0 Å². The molecule has 98 valence electrons. The minimum atomic E-state index is -0.866. The first kappa shape index (κ1) is 14.5. The first-order chi connectivity index (χ1) is 8.49. The Labute approximate surface area is 114 Å². The monoisotopic (exact) mass is 314 g/mol. The average molecular weight is 315 g/mol. The molecule has 2 amide bonds. The second-order valence-electron chi connectivity index (χ2n) is 3.91. The second-order valence-corrected chi connectivity index (χ2v) is 4.77. The summed E-state index contributed by atoms with van der Waals surface area (Å²) in [7, 11) is 0. The molecule has 0 aliphatic heterocycles. The highest BCUT2D eigenvalue weighted by molar-refractivity contribution is 9.10. The molecule has 0 spiro atoms. The predicted molar refractivity (Wildman–Crippen MR) is 72.6 cm³/mol. The summed E-state index contributed by atoms with van der Waals surface area (Å²) < 4.78 is 0.790. The predicted octanol–water partition coefficient (Wildman–Crippen LogP) is 2.82. The van der Waals surface area contributed by atoms with Gasteiger partial charge in [0.15, 0.2) is 0 Å². The maximum atomic E-state index is 11.6. The third-order valence-corrected chi connectivity index (χ3v) is 2.98. The lowest BCUT2D eigenvalue weighted by Crippen LogP contribution is -2.36. The van der Waals surface area contributed by atoms with Crippen LogP contribution in [0.15, 0.2) is 28.7 Å². The van der Waals surface area contributed by atoms with E-state index in [9.17, 15) is 9.59 Å². The second kappa shape index (κ2) is 7.00. The van der Waals surface area contributed by atoms with Gasteiger partial charge in [0, 0.05) is 16.9 Å². The van der Waals surface area contributed by atoms with Gasteiger partial charge >= 0.3 is 12.0 Å². The molecule has 0 aliphatic carbocycles. The van der Waals surface area contributed by atoms with Gasteiger partial charge in [-0.2, -0.15) is 0 Å². The lowest BCUT2D eigenvalue weighted by molar-refractivity contribution is -0.137. The van der Waals surface area contributed by atoms with Gasteiger partial charge in [0.25, 0.3) is 0 Å². The van der Waals surface area contributed by atoms with Gasteiger partial charge in [-0.05, 0) is 41.4 Å². The minimum absolute atomic E-state index is 0.0382. The molecule has 1 aromatic carbocycles. The lowest BCUT2D eigenvalue weighted by atomic mass is 10.2. The van der Waals surface area contributed by atoms with E-state index < -0.39 is 5.97 Å². The smallest absolute Gasteiger partial charge is 0.319 e. The van der Waals surface area contributed by atoms with Gasteiger partial charge in [-0.15, -0.1) is 0 Å². The highest BCUT2D eigenvalue weighted by Crippen LogP contribution is 2.20. The molecule has 3 N–H and O–H groups in total. The summed E-state index contributed by atoms with van der Waals surface area (Å²) in [5, 5.41) is 13.9. The number of nitrogens with one attached hydrogen (secondary N) is 2. The topological polar surface area (TPSA) is 78.4 Å². The van der Waals surface area contributed by atoms with E-state index >= 15 is 0 Å². The van der Waals surface area contributed by atoms with Crippen molar-refractivity contribution in [2.45, 2.75) is 25.8 Å². The lowest BCUT2D eigenvalue weighted by Gasteiger charge is -2.14. The highest BCUT2D eigenvalue weighted by Gasteiger charge is 2.10. The number of para-hydroxylation sites is 1. The van der Waals surface area contributed by atoms with E-state index in [1.165, 1.54) is 0 Å². The number of aliphatic carboxylic acids is 1. The highest BCUT2D eigenvalue weighted by atomic mass is 79.9. The van der Waals surface area contributed by atoms with E-state index in [0.717, 1.165) is 4.47 Å². The third-order valence-electron chi connectivity index (χ3n) is 2.29. The molecule has 0 heterocycles. The van der Waals surface area contributed by atoms with Gasteiger partial charge < -0.3 is 15.7 Å². The molecule has 0 aromatic heterocycles. The number of carboxylic acid groups (broad SMARTS) is 1. The zero-order valence-corrected chi connectivity index (χ0v) is 11.5. The summed E-state index contributed by atoms with van der Waals surface area (Å²) in [5.41, 5.74) is 0.667. The number of hydrogen-bond acceptors (Lipinski definition) is 2. The van der Waals surface area contributed by atoms with Crippen LogP contribution in [0.2, 0.25) is 0 Å². The van der Waals surface area contributed by atoms with Gasteiger partial charge in [0.1, 0.15) is 0 Å². The molecular weight excluding hydrogens is 300 g/mol. The summed E-state index contributed by atoms with van der Waals surface area (Å²) in [6.45, 7) is 1.77. The number of carboxylic acids is 1. The molecule has 1 atom stereocenters. The third kappa shape index (κ3) is 5.18. The number of carbonyl (C=O) groups is 2. The Hall–Kier alpha value is -1.56. The van der Waals surface area contributed by atoms with Crippen LogP contribution in [-0.4, -0.2) is 23.1 Å². The van der Waals surface area contributed by atoms with Crippen molar-refractivity contribution in [3.8, 4) is 0 Å². The molecular formula is C12H15BrN2O3. The fourth-order valence-corrected chi connectivity index (χ4v) is 1.74. The molecule has 1 unspecified atom stereocenters. The summed E-state index contributed by atoms with van der Waals surface area (Å²) in [5.74, 6) is -0.866. The number of carbonyl (C=O) groups excluding carboxylic acids is 1. The van der Waals surface area contributed by atoms with Crippen LogP contribution in [0, 0.1) is 0 Å². The molecule has 0 saturated heterocycles. The van der Waals surface area contributed by atoms with Crippen LogP contribution < -0.4 is 10.6 Å². The standard InChI is InChI=1S/C12H15BrN2O3/c1-8(6-7-11(16)17)14-12(18)15-10-5-3-2-4-9(10)13/h2-5,8H,6-7H2,1H3,(H,16,17)(H2,14,15,18). The molecule has 0 saturated carbocycles. The number of rotatable bonds is 5. The van der Waals surface area contributed by atoms with Gasteiger partial charge in [0.05, 0.1) is 5.69 Å². The zero-order valence-electron chi connectivity index (χ0n) is 9.94. The van der Waals surface area contributed by atoms with Crippen molar-refractivity contribution >= 4 is 33.6 Å². The van der Waals surface area contributed by atoms with Gasteiger partial charge in [-0.1, -0.05) is 12.1 Å². The fraction of sp³-hybridized carbons (Fsp3) is 0.333. The molecule has 18 heavy (non-hydrogen) atoms. The average Bonchev–Trinajstić information content (AvgIpc) is 2.29. The number of benzene rings is 1. The number of urea groups is 1. The van der Waals surface area contributed by atoms with E-state index in [-0.39, 0.29) is 18.5 Å². The Balaban J connectivity index is 2.42. The first-order valence-electron chi connectivity index (χ1n) is 5.53. The largest absolute Gasteiger partial charge is 0.481 e. The first-order valence-corrected chi connectivity index (χ1v) is 6.32. The van der Waals surface area contributed by atoms with E-state index in [1.54, 1.807) is 13.0 Å². The molecule has 1 aromatic rings. The minimum Gasteiger partial charge on any atom is -0.481 e.